The molecule has 2 unspecified atom stereocenters. The molecular formula is C10H16O3. The summed E-state index contributed by atoms with van der Waals surface area (Å²) in [5, 5.41) is 17.6. The molecule has 2 atom stereocenters. The molecule has 0 radical (unpaired) electrons. The molecule has 0 spiro atoms. The second-order valence-electron chi connectivity index (χ2n) is 3.82. The minimum absolute atomic E-state index is 0.0693. The van der Waals surface area contributed by atoms with Crippen molar-refractivity contribution in [3.05, 3.63) is 11.6 Å². The first-order valence-corrected chi connectivity index (χ1v) is 4.67. The number of hydrogen-bond donors (Lipinski definition) is 2. The van der Waals surface area contributed by atoms with E-state index in [1.807, 2.05) is 0 Å². The summed E-state index contributed by atoms with van der Waals surface area (Å²) in [6.45, 7) is 2.21. The molecule has 0 aromatic heterocycles. The number of rotatable bonds is 2. The van der Waals surface area contributed by atoms with Crippen molar-refractivity contribution in [1.82, 2.24) is 0 Å². The van der Waals surface area contributed by atoms with Crippen LogP contribution in [0.25, 0.3) is 0 Å². The van der Waals surface area contributed by atoms with E-state index in [9.17, 15) is 4.79 Å². The molecule has 1 aliphatic rings. The monoisotopic (exact) mass is 184 g/mol. The highest BCUT2D eigenvalue weighted by Crippen LogP contribution is 2.32. The summed E-state index contributed by atoms with van der Waals surface area (Å²) in [6, 6.07) is 0. The number of hydrogen-bond acceptors (Lipinski definition) is 2. The zero-order chi connectivity index (χ0) is 9.84. The summed E-state index contributed by atoms with van der Waals surface area (Å²) in [5.74, 6) is -0.231. The Labute approximate surface area is 78.1 Å². The van der Waals surface area contributed by atoms with Crippen molar-refractivity contribution in [2.75, 3.05) is 6.61 Å². The zero-order valence-electron chi connectivity index (χ0n) is 7.86. The van der Waals surface area contributed by atoms with E-state index in [2.05, 4.69) is 6.92 Å². The van der Waals surface area contributed by atoms with Crippen molar-refractivity contribution in [2.24, 2.45) is 11.8 Å². The highest BCUT2D eigenvalue weighted by molar-refractivity contribution is 5.80. The molecule has 13 heavy (non-hydrogen) atoms. The van der Waals surface area contributed by atoms with Gasteiger partial charge in [0.05, 0.1) is 0 Å². The van der Waals surface area contributed by atoms with Crippen LogP contribution >= 0.6 is 0 Å². The van der Waals surface area contributed by atoms with Gasteiger partial charge < -0.3 is 10.2 Å². The number of aliphatic hydroxyl groups is 1. The van der Waals surface area contributed by atoms with Crippen LogP contribution in [0.15, 0.2) is 11.6 Å². The predicted octanol–water partition coefficient (Wildman–Crippen LogP) is 1.43. The van der Waals surface area contributed by atoms with Crippen LogP contribution in [0.2, 0.25) is 0 Å². The summed E-state index contributed by atoms with van der Waals surface area (Å²) in [7, 11) is 0. The minimum atomic E-state index is -0.900. The fourth-order valence-electron chi connectivity index (χ4n) is 1.91. The van der Waals surface area contributed by atoms with Gasteiger partial charge >= 0.3 is 5.97 Å². The molecule has 1 fully saturated rings. The molecule has 0 heterocycles. The Hall–Kier alpha value is -0.830. The lowest BCUT2D eigenvalue weighted by Crippen LogP contribution is -2.20. The van der Waals surface area contributed by atoms with Crippen LogP contribution in [0.5, 0.6) is 0 Å². The third-order valence-corrected chi connectivity index (χ3v) is 2.67. The molecule has 1 aliphatic carbocycles. The van der Waals surface area contributed by atoms with E-state index in [1.54, 1.807) is 0 Å². The lowest BCUT2D eigenvalue weighted by Gasteiger charge is -2.27. The number of aliphatic carboxylic acids is 1. The Morgan fingerprint density at radius 3 is 2.92 bits per heavy atom. The molecule has 3 nitrogen and oxygen atoms in total. The maximum absolute atomic E-state index is 10.5. The van der Waals surface area contributed by atoms with Gasteiger partial charge in [-0.2, -0.15) is 0 Å². The minimum Gasteiger partial charge on any atom is -0.478 e. The van der Waals surface area contributed by atoms with Gasteiger partial charge in [0.15, 0.2) is 0 Å². The van der Waals surface area contributed by atoms with Gasteiger partial charge in [-0.15, -0.1) is 0 Å². The van der Waals surface area contributed by atoms with Gasteiger partial charge in [-0.3, -0.25) is 0 Å². The van der Waals surface area contributed by atoms with Gasteiger partial charge in [0.2, 0.25) is 0 Å². The van der Waals surface area contributed by atoms with Crippen molar-refractivity contribution in [3.63, 3.8) is 0 Å². The summed E-state index contributed by atoms with van der Waals surface area (Å²) >= 11 is 0. The van der Waals surface area contributed by atoms with Crippen LogP contribution in [0.3, 0.4) is 0 Å². The standard InChI is InChI=1S/C10H16O3/c1-7-2-3-8(5-10(12)13)9(4-7)6-11/h5,7,9,11H,2-4,6H2,1H3,(H,12,13). The first kappa shape index (κ1) is 10.3. The van der Waals surface area contributed by atoms with E-state index in [0.29, 0.717) is 5.92 Å². The molecule has 2 N–H and O–H groups in total. The summed E-state index contributed by atoms with van der Waals surface area (Å²) in [6.07, 6.45) is 4.02. The Bertz CT molecular complexity index is 220. The molecular weight excluding hydrogens is 168 g/mol. The predicted molar refractivity (Wildman–Crippen MR) is 49.3 cm³/mol. The molecule has 1 rings (SSSR count). The van der Waals surface area contributed by atoms with Gasteiger partial charge in [0.25, 0.3) is 0 Å². The molecule has 0 saturated heterocycles. The maximum Gasteiger partial charge on any atom is 0.328 e. The third kappa shape index (κ3) is 2.84. The second-order valence-corrected chi connectivity index (χ2v) is 3.82. The summed E-state index contributed by atoms with van der Waals surface area (Å²) < 4.78 is 0. The van der Waals surface area contributed by atoms with E-state index >= 15 is 0 Å². The third-order valence-electron chi connectivity index (χ3n) is 2.67. The van der Waals surface area contributed by atoms with Crippen LogP contribution in [-0.2, 0) is 4.79 Å². The van der Waals surface area contributed by atoms with Crippen molar-refractivity contribution in [2.45, 2.75) is 26.2 Å². The molecule has 1 saturated carbocycles. The van der Waals surface area contributed by atoms with Gasteiger partial charge in [-0.1, -0.05) is 12.5 Å². The SMILES string of the molecule is CC1CCC(=CC(=O)O)C(CO)C1. The Morgan fingerprint density at radius 1 is 1.69 bits per heavy atom. The number of carbonyl (C=O) groups is 1. The second kappa shape index (κ2) is 4.42. The molecule has 3 heteroatoms. The van der Waals surface area contributed by atoms with Gasteiger partial charge in [-0.05, 0) is 25.2 Å². The number of aliphatic hydroxyl groups excluding tert-OH is 1. The topological polar surface area (TPSA) is 57.5 Å². The zero-order valence-corrected chi connectivity index (χ0v) is 7.86. The maximum atomic E-state index is 10.5. The van der Waals surface area contributed by atoms with Crippen LogP contribution in [0.4, 0.5) is 0 Å². The lowest BCUT2D eigenvalue weighted by molar-refractivity contribution is -0.131. The molecule has 0 aromatic carbocycles. The van der Waals surface area contributed by atoms with Gasteiger partial charge in [-0.25, -0.2) is 4.79 Å². The normalized spacial score (nSPS) is 32.0. The molecule has 74 valence electrons. The van der Waals surface area contributed by atoms with Gasteiger partial charge in [0, 0.05) is 18.6 Å². The Balaban J connectivity index is 2.68. The summed E-state index contributed by atoms with van der Waals surface area (Å²) in [5.41, 5.74) is 0.896. The van der Waals surface area contributed by atoms with E-state index < -0.39 is 5.97 Å². The fraction of sp³-hybridized carbons (Fsp3) is 0.700. The summed E-state index contributed by atoms with van der Waals surface area (Å²) in [4.78, 5) is 10.5. The fourth-order valence-corrected chi connectivity index (χ4v) is 1.91. The van der Waals surface area contributed by atoms with Crippen LogP contribution in [-0.4, -0.2) is 22.8 Å². The lowest BCUT2D eigenvalue weighted by atomic mass is 9.79. The number of carboxylic acids is 1. The van der Waals surface area contributed by atoms with Crippen LogP contribution in [0.1, 0.15) is 26.2 Å². The van der Waals surface area contributed by atoms with Crippen LogP contribution in [0, 0.1) is 11.8 Å². The van der Waals surface area contributed by atoms with E-state index in [1.165, 1.54) is 6.08 Å². The first-order chi connectivity index (χ1) is 6.13. The van der Waals surface area contributed by atoms with Crippen LogP contribution < -0.4 is 0 Å². The van der Waals surface area contributed by atoms with Crippen molar-refractivity contribution >= 4 is 5.97 Å². The van der Waals surface area contributed by atoms with E-state index in [4.69, 9.17) is 10.2 Å². The molecule has 0 aromatic rings. The number of carboxylic acid groups (broad SMARTS) is 1. The Kier molecular flexibility index (Phi) is 3.48. The van der Waals surface area contributed by atoms with E-state index in [-0.39, 0.29) is 12.5 Å². The van der Waals surface area contributed by atoms with Gasteiger partial charge in [0.1, 0.15) is 0 Å². The Morgan fingerprint density at radius 2 is 2.38 bits per heavy atom. The molecule has 0 bridgehead atoms. The van der Waals surface area contributed by atoms with Crippen molar-refractivity contribution in [1.29, 1.82) is 0 Å². The largest absolute Gasteiger partial charge is 0.478 e. The van der Waals surface area contributed by atoms with Crippen molar-refractivity contribution < 1.29 is 15.0 Å². The smallest absolute Gasteiger partial charge is 0.328 e. The molecule has 0 amide bonds. The van der Waals surface area contributed by atoms with E-state index in [0.717, 1.165) is 24.8 Å². The van der Waals surface area contributed by atoms with Crippen molar-refractivity contribution in [3.8, 4) is 0 Å². The first-order valence-electron chi connectivity index (χ1n) is 4.67. The highest BCUT2D eigenvalue weighted by atomic mass is 16.4. The average Bonchev–Trinajstić information content (AvgIpc) is 2.07. The molecule has 0 aliphatic heterocycles. The highest BCUT2D eigenvalue weighted by Gasteiger charge is 2.23. The average molecular weight is 184 g/mol. The quantitative estimate of drug-likeness (QED) is 0.638.